The highest BCUT2D eigenvalue weighted by atomic mass is 32.2. The molecule has 0 radical (unpaired) electrons. The molecular weight excluding hydrogens is 294 g/mol. The van der Waals surface area contributed by atoms with Crippen LogP contribution in [0.25, 0.3) is 0 Å². The van der Waals surface area contributed by atoms with Gasteiger partial charge in [-0.15, -0.1) is 0 Å². The van der Waals surface area contributed by atoms with Crippen LogP contribution in [0.1, 0.15) is 13.3 Å². The zero-order chi connectivity index (χ0) is 14.5. The van der Waals surface area contributed by atoms with Gasteiger partial charge in [0, 0.05) is 25.8 Å². The topological polar surface area (TPSA) is 125 Å². The number of nitro groups is 1. The molecule has 0 bridgehead atoms. The SMILES string of the molecule is CCOCCCNS(=O)(=O)c1cc([N+](=O)[O-])c(N)s1. The van der Waals surface area contributed by atoms with Crippen LogP contribution in [0.3, 0.4) is 0 Å². The van der Waals surface area contributed by atoms with Gasteiger partial charge in [-0.25, -0.2) is 13.1 Å². The van der Waals surface area contributed by atoms with Crippen molar-refractivity contribution in [2.45, 2.75) is 17.6 Å². The highest BCUT2D eigenvalue weighted by Gasteiger charge is 2.24. The van der Waals surface area contributed by atoms with Crippen molar-refractivity contribution < 1.29 is 18.1 Å². The number of anilines is 1. The molecule has 0 atom stereocenters. The molecule has 0 aliphatic heterocycles. The highest BCUT2D eigenvalue weighted by molar-refractivity contribution is 7.91. The van der Waals surface area contributed by atoms with Crippen molar-refractivity contribution >= 4 is 32.0 Å². The van der Waals surface area contributed by atoms with Gasteiger partial charge >= 0.3 is 5.69 Å². The summed E-state index contributed by atoms with van der Waals surface area (Å²) in [4.78, 5) is 9.89. The van der Waals surface area contributed by atoms with E-state index in [0.29, 0.717) is 31.0 Å². The predicted molar refractivity (Wildman–Crippen MR) is 71.7 cm³/mol. The third kappa shape index (κ3) is 4.42. The summed E-state index contributed by atoms with van der Waals surface area (Å²) in [7, 11) is -3.75. The van der Waals surface area contributed by atoms with Gasteiger partial charge in [0.25, 0.3) is 0 Å². The van der Waals surface area contributed by atoms with Crippen LogP contribution in [0, 0.1) is 10.1 Å². The average molecular weight is 309 g/mol. The van der Waals surface area contributed by atoms with Gasteiger partial charge in [0.2, 0.25) is 10.0 Å². The normalized spacial score (nSPS) is 11.6. The van der Waals surface area contributed by atoms with Gasteiger partial charge in [0.15, 0.2) is 5.00 Å². The lowest BCUT2D eigenvalue weighted by atomic mass is 10.5. The van der Waals surface area contributed by atoms with Gasteiger partial charge in [-0.3, -0.25) is 10.1 Å². The van der Waals surface area contributed by atoms with Crippen molar-refractivity contribution in [1.82, 2.24) is 4.72 Å². The van der Waals surface area contributed by atoms with Crippen molar-refractivity contribution in [2.75, 3.05) is 25.5 Å². The lowest BCUT2D eigenvalue weighted by Gasteiger charge is -2.04. The van der Waals surface area contributed by atoms with E-state index in [1.807, 2.05) is 6.92 Å². The summed E-state index contributed by atoms with van der Waals surface area (Å²) in [5.74, 6) is 0. The lowest BCUT2D eigenvalue weighted by molar-refractivity contribution is -0.383. The summed E-state index contributed by atoms with van der Waals surface area (Å²) in [6.07, 6.45) is 0.524. The van der Waals surface area contributed by atoms with E-state index < -0.39 is 14.9 Å². The van der Waals surface area contributed by atoms with Crippen LogP contribution in [0.5, 0.6) is 0 Å². The lowest BCUT2D eigenvalue weighted by Crippen LogP contribution is -2.24. The van der Waals surface area contributed by atoms with E-state index in [9.17, 15) is 18.5 Å². The number of nitrogen functional groups attached to an aromatic ring is 1. The Balaban J connectivity index is 2.67. The average Bonchev–Trinajstić information content (AvgIpc) is 2.72. The largest absolute Gasteiger partial charge is 0.385 e. The minimum Gasteiger partial charge on any atom is -0.385 e. The molecule has 10 heteroatoms. The molecule has 1 rings (SSSR count). The van der Waals surface area contributed by atoms with E-state index in [4.69, 9.17) is 10.5 Å². The number of thiophene rings is 1. The Bertz CT molecular complexity index is 540. The van der Waals surface area contributed by atoms with E-state index in [2.05, 4.69) is 4.72 Å². The molecule has 0 saturated carbocycles. The maximum Gasteiger partial charge on any atom is 0.304 e. The first-order valence-corrected chi connectivity index (χ1v) is 7.79. The van der Waals surface area contributed by atoms with Crippen LogP contribution in [-0.4, -0.2) is 33.1 Å². The van der Waals surface area contributed by atoms with E-state index >= 15 is 0 Å². The third-order valence-electron chi connectivity index (χ3n) is 2.14. The molecule has 0 saturated heterocycles. The Labute approximate surface area is 114 Å². The second-order valence-electron chi connectivity index (χ2n) is 3.52. The maximum atomic E-state index is 11.8. The number of hydrogen-bond donors (Lipinski definition) is 2. The van der Waals surface area contributed by atoms with Gasteiger partial charge in [-0.05, 0) is 13.3 Å². The first-order chi connectivity index (χ1) is 8.88. The molecule has 0 unspecified atom stereocenters. The minimum atomic E-state index is -3.75. The van der Waals surface area contributed by atoms with Crippen molar-refractivity contribution in [3.8, 4) is 0 Å². The standard InChI is InChI=1S/C9H15N3O5S2/c1-2-17-5-3-4-11-19(15,16)8-6-7(12(13)14)9(10)18-8/h6,11H,2-5,10H2,1H3. The van der Waals surface area contributed by atoms with Gasteiger partial charge in [0.05, 0.1) is 4.92 Å². The Kier molecular flexibility index (Phi) is 5.66. The summed E-state index contributed by atoms with van der Waals surface area (Å²) in [5.41, 5.74) is 5.01. The zero-order valence-corrected chi connectivity index (χ0v) is 11.9. The minimum absolute atomic E-state index is 0.125. The number of rotatable bonds is 8. The summed E-state index contributed by atoms with van der Waals surface area (Å²) in [5, 5.41) is 10.5. The smallest absolute Gasteiger partial charge is 0.304 e. The molecule has 0 fully saturated rings. The third-order valence-corrected chi connectivity index (χ3v) is 5.03. The van der Waals surface area contributed by atoms with Gasteiger partial charge < -0.3 is 10.5 Å². The van der Waals surface area contributed by atoms with Crippen molar-refractivity contribution in [1.29, 1.82) is 0 Å². The first-order valence-electron chi connectivity index (χ1n) is 5.49. The second kappa shape index (κ2) is 6.80. The molecule has 0 aliphatic rings. The van der Waals surface area contributed by atoms with Gasteiger partial charge in [-0.2, -0.15) is 0 Å². The Morgan fingerprint density at radius 3 is 2.79 bits per heavy atom. The van der Waals surface area contributed by atoms with Crippen LogP contribution in [-0.2, 0) is 14.8 Å². The fourth-order valence-electron chi connectivity index (χ4n) is 1.24. The molecule has 3 N–H and O–H groups in total. The van der Waals surface area contributed by atoms with Crippen LogP contribution < -0.4 is 10.5 Å². The van der Waals surface area contributed by atoms with Crippen molar-refractivity contribution in [2.24, 2.45) is 0 Å². The molecule has 0 spiro atoms. The summed E-state index contributed by atoms with van der Waals surface area (Å²) >= 11 is 0.672. The molecule has 108 valence electrons. The fraction of sp³-hybridized carbons (Fsp3) is 0.556. The second-order valence-corrected chi connectivity index (χ2v) is 6.60. The van der Waals surface area contributed by atoms with E-state index in [1.54, 1.807) is 0 Å². The monoisotopic (exact) mass is 309 g/mol. The highest BCUT2D eigenvalue weighted by Crippen LogP contribution is 2.34. The molecule has 0 aromatic carbocycles. The molecule has 0 aliphatic carbocycles. The quantitative estimate of drug-likeness (QED) is 0.418. The predicted octanol–water partition coefficient (Wildman–Crippen LogP) is 0.943. The molecule has 19 heavy (non-hydrogen) atoms. The van der Waals surface area contributed by atoms with Crippen LogP contribution in [0.15, 0.2) is 10.3 Å². The van der Waals surface area contributed by atoms with Crippen LogP contribution in [0.4, 0.5) is 10.7 Å². The van der Waals surface area contributed by atoms with Crippen LogP contribution in [0.2, 0.25) is 0 Å². The number of nitrogens with zero attached hydrogens (tertiary/aromatic N) is 1. The van der Waals surface area contributed by atoms with Gasteiger partial charge in [0.1, 0.15) is 4.21 Å². The van der Waals surface area contributed by atoms with Crippen LogP contribution >= 0.6 is 11.3 Å². The Hall–Kier alpha value is -1.23. The summed E-state index contributed by atoms with van der Waals surface area (Å²) < 4.78 is 30.9. The molecule has 0 amide bonds. The number of hydrogen-bond acceptors (Lipinski definition) is 7. The van der Waals surface area contributed by atoms with Crippen molar-refractivity contribution in [3.05, 3.63) is 16.2 Å². The molecule has 1 aromatic rings. The Morgan fingerprint density at radius 1 is 1.58 bits per heavy atom. The molecule has 8 nitrogen and oxygen atoms in total. The first kappa shape index (κ1) is 15.8. The van der Waals surface area contributed by atoms with Crippen molar-refractivity contribution in [3.63, 3.8) is 0 Å². The molecule has 1 aromatic heterocycles. The number of sulfonamides is 1. The van der Waals surface area contributed by atoms with Gasteiger partial charge in [-0.1, -0.05) is 11.3 Å². The maximum absolute atomic E-state index is 11.8. The number of nitrogens with two attached hydrogens (primary N) is 1. The van der Waals surface area contributed by atoms with E-state index in [-0.39, 0.29) is 21.4 Å². The fourth-order valence-corrected chi connectivity index (χ4v) is 3.58. The van der Waals surface area contributed by atoms with E-state index in [1.165, 1.54) is 0 Å². The molecular formula is C9H15N3O5S2. The number of ether oxygens (including phenoxy) is 1. The number of nitrogens with one attached hydrogen (secondary N) is 1. The molecule has 1 heterocycles. The van der Waals surface area contributed by atoms with E-state index in [0.717, 1.165) is 6.07 Å². The zero-order valence-electron chi connectivity index (χ0n) is 10.3. The Morgan fingerprint density at radius 2 is 2.26 bits per heavy atom. The summed E-state index contributed by atoms with van der Waals surface area (Å²) in [6.45, 7) is 3.07. The summed E-state index contributed by atoms with van der Waals surface area (Å²) in [6, 6.07) is 0.963.